The Morgan fingerprint density at radius 3 is 2.15 bits per heavy atom. The highest BCUT2D eigenvalue weighted by atomic mass is 32.2. The van der Waals surface area contributed by atoms with E-state index in [1.165, 1.54) is 13.2 Å². The molecule has 0 aliphatic rings. The number of benzene rings is 2. The Bertz CT molecular complexity index is 935. The van der Waals surface area contributed by atoms with Crippen LogP contribution in [-0.4, -0.2) is 25.9 Å². The predicted octanol–water partition coefficient (Wildman–Crippen LogP) is 3.17. The zero-order chi connectivity index (χ0) is 19.7. The molecule has 27 heavy (non-hydrogen) atoms. The first kappa shape index (κ1) is 20.0. The Hall–Kier alpha value is -3.31. The van der Waals surface area contributed by atoms with Gasteiger partial charge in [-0.3, -0.25) is 0 Å². The summed E-state index contributed by atoms with van der Waals surface area (Å²) >= 11 is 0. The maximum atomic E-state index is 12.8. The fourth-order valence-electron chi connectivity index (χ4n) is 2.16. The molecule has 0 saturated heterocycles. The van der Waals surface area contributed by atoms with E-state index in [9.17, 15) is 13.2 Å². The number of carbonyl (C=O) groups is 1. The van der Waals surface area contributed by atoms with Gasteiger partial charge in [0, 0.05) is 0 Å². The number of methoxy groups -OCH3 is 1. The van der Waals surface area contributed by atoms with Crippen LogP contribution in [0.5, 0.6) is 0 Å². The molecule has 0 radical (unpaired) electrons. The van der Waals surface area contributed by atoms with Gasteiger partial charge in [0.25, 0.3) is 10.0 Å². The number of amides is 1. The minimum absolute atomic E-state index is 0.101. The van der Waals surface area contributed by atoms with E-state index in [-0.39, 0.29) is 13.2 Å². The monoisotopic (exact) mass is 386 g/mol. The number of ether oxygens (including phenoxy) is 2. The maximum Gasteiger partial charge on any atom is 0.424 e. The lowest BCUT2D eigenvalue weighted by Gasteiger charge is -2.21. The molecule has 0 aromatic heterocycles. The number of sulfonamides is 1. The van der Waals surface area contributed by atoms with Gasteiger partial charge in [-0.2, -0.15) is 18.0 Å². The molecule has 2 aromatic carbocycles. The molecule has 0 aliphatic carbocycles. The van der Waals surface area contributed by atoms with E-state index in [1.54, 1.807) is 54.6 Å². The summed E-state index contributed by atoms with van der Waals surface area (Å²) in [4.78, 5) is 11.8. The lowest BCUT2D eigenvalue weighted by Crippen LogP contribution is -2.37. The molecule has 0 saturated carbocycles. The Labute approximate surface area is 158 Å². The second kappa shape index (κ2) is 9.40. The van der Waals surface area contributed by atoms with Gasteiger partial charge in [0.15, 0.2) is 4.91 Å². The number of hydrogen-bond donors (Lipinski definition) is 0. The van der Waals surface area contributed by atoms with E-state index in [0.29, 0.717) is 15.4 Å². The molecule has 8 heteroatoms. The van der Waals surface area contributed by atoms with Crippen LogP contribution in [0.1, 0.15) is 11.1 Å². The van der Waals surface area contributed by atoms with Crippen LogP contribution in [0.3, 0.4) is 0 Å². The molecule has 0 bridgehead atoms. The molecule has 0 heterocycles. The number of carbonyl (C=O) groups excluding carboxylic acids is 1. The van der Waals surface area contributed by atoms with Crippen molar-refractivity contribution < 1.29 is 22.7 Å². The van der Waals surface area contributed by atoms with Crippen molar-refractivity contribution in [2.45, 2.75) is 13.2 Å². The molecule has 0 atom stereocenters. The van der Waals surface area contributed by atoms with Gasteiger partial charge >= 0.3 is 6.09 Å². The first-order valence-corrected chi connectivity index (χ1v) is 9.33. The summed E-state index contributed by atoms with van der Waals surface area (Å²) in [6.07, 6.45) is -0.308. The van der Waals surface area contributed by atoms with Gasteiger partial charge in [-0.15, -0.1) is 0 Å². The highest BCUT2D eigenvalue weighted by Crippen LogP contribution is 2.19. The fraction of sp³-hybridized carbons (Fsp3) is 0.158. The van der Waals surface area contributed by atoms with Crippen molar-refractivity contribution >= 4 is 16.1 Å². The third-order valence-electron chi connectivity index (χ3n) is 3.48. The second-order valence-corrected chi connectivity index (χ2v) is 7.20. The van der Waals surface area contributed by atoms with Crippen molar-refractivity contribution in [3.8, 4) is 6.07 Å². The van der Waals surface area contributed by atoms with Crippen LogP contribution in [0, 0.1) is 11.3 Å². The first-order chi connectivity index (χ1) is 13.0. The van der Waals surface area contributed by atoms with Crippen LogP contribution >= 0.6 is 0 Å². The fourth-order valence-corrected chi connectivity index (χ4v) is 3.30. The summed E-state index contributed by atoms with van der Waals surface area (Å²) in [5, 5.41) is 9.14. The quantitative estimate of drug-likeness (QED) is 0.536. The molecule has 0 spiro atoms. The Morgan fingerprint density at radius 2 is 1.63 bits per heavy atom. The minimum Gasteiger partial charge on any atom is -0.502 e. The van der Waals surface area contributed by atoms with E-state index in [4.69, 9.17) is 10.00 Å². The lowest BCUT2D eigenvalue weighted by molar-refractivity contribution is 0.118. The smallest absolute Gasteiger partial charge is 0.424 e. The van der Waals surface area contributed by atoms with Gasteiger partial charge < -0.3 is 9.47 Å². The van der Waals surface area contributed by atoms with Crippen molar-refractivity contribution in [1.82, 2.24) is 4.31 Å². The molecule has 140 valence electrons. The summed E-state index contributed by atoms with van der Waals surface area (Å²) < 4.78 is 35.8. The molecule has 0 unspecified atom stereocenters. The van der Waals surface area contributed by atoms with Crippen molar-refractivity contribution in [1.29, 1.82) is 5.26 Å². The van der Waals surface area contributed by atoms with Gasteiger partial charge in [-0.05, 0) is 11.1 Å². The largest absolute Gasteiger partial charge is 0.502 e. The molecule has 1 amide bonds. The molecular weight excluding hydrogens is 368 g/mol. The first-order valence-electron chi connectivity index (χ1n) is 7.89. The third kappa shape index (κ3) is 5.33. The normalized spacial score (nSPS) is 11.3. The summed E-state index contributed by atoms with van der Waals surface area (Å²) in [5.74, 6) is 0. The summed E-state index contributed by atoms with van der Waals surface area (Å²) in [5.41, 5.74) is 1.27. The van der Waals surface area contributed by atoms with E-state index < -0.39 is 21.0 Å². The number of allylic oxidation sites excluding steroid dienone is 1. The summed E-state index contributed by atoms with van der Waals surface area (Å²) in [7, 11) is -3.23. The van der Waals surface area contributed by atoms with Gasteiger partial charge in [0.1, 0.15) is 18.9 Å². The number of hydrogen-bond acceptors (Lipinski definition) is 6. The van der Waals surface area contributed by atoms with Crippen LogP contribution in [-0.2, 0) is 32.6 Å². The van der Waals surface area contributed by atoms with Crippen molar-refractivity contribution in [2.75, 3.05) is 7.11 Å². The van der Waals surface area contributed by atoms with E-state index in [0.717, 1.165) is 6.26 Å². The molecule has 2 aromatic rings. The standard InChI is InChI=1S/C19H18N2O5S/c1-25-15-18(12-20)27(23,24)21(13-16-8-4-2-5-9-16)19(22)26-14-17-10-6-3-7-11-17/h2-11,15H,13-14H2,1H3/b18-15+. The predicted molar refractivity (Wildman–Crippen MR) is 98.2 cm³/mol. The minimum atomic E-state index is -4.44. The topological polar surface area (TPSA) is 96.7 Å². The van der Waals surface area contributed by atoms with Gasteiger partial charge in [-0.25, -0.2) is 4.79 Å². The molecule has 0 N–H and O–H groups in total. The van der Waals surface area contributed by atoms with Gasteiger partial charge in [-0.1, -0.05) is 60.7 Å². The zero-order valence-electron chi connectivity index (χ0n) is 14.6. The van der Waals surface area contributed by atoms with E-state index >= 15 is 0 Å². The van der Waals surface area contributed by atoms with E-state index in [2.05, 4.69) is 4.74 Å². The lowest BCUT2D eigenvalue weighted by atomic mass is 10.2. The van der Waals surface area contributed by atoms with Crippen LogP contribution < -0.4 is 0 Å². The average molecular weight is 386 g/mol. The van der Waals surface area contributed by atoms with Crippen LogP contribution in [0.25, 0.3) is 0 Å². The van der Waals surface area contributed by atoms with E-state index in [1.807, 2.05) is 6.07 Å². The Morgan fingerprint density at radius 1 is 1.07 bits per heavy atom. The SMILES string of the molecule is CO/C=C(\C#N)S(=O)(=O)N(Cc1ccccc1)C(=O)OCc1ccccc1. The highest BCUT2D eigenvalue weighted by Gasteiger charge is 2.33. The van der Waals surface area contributed by atoms with Gasteiger partial charge in [0.05, 0.1) is 13.7 Å². The zero-order valence-corrected chi connectivity index (χ0v) is 15.4. The van der Waals surface area contributed by atoms with Crippen molar-refractivity contribution in [3.63, 3.8) is 0 Å². The maximum absolute atomic E-state index is 12.8. The summed E-state index contributed by atoms with van der Waals surface area (Å²) in [6.45, 7) is -0.379. The van der Waals surface area contributed by atoms with Crippen LogP contribution in [0.2, 0.25) is 0 Å². The van der Waals surface area contributed by atoms with Crippen molar-refractivity contribution in [3.05, 3.63) is 83.0 Å². The second-order valence-electron chi connectivity index (χ2n) is 5.37. The number of nitriles is 1. The molecule has 2 rings (SSSR count). The number of nitrogens with zero attached hydrogens (tertiary/aromatic N) is 2. The van der Waals surface area contributed by atoms with Gasteiger partial charge in [0.2, 0.25) is 0 Å². The third-order valence-corrected chi connectivity index (χ3v) is 5.08. The molecule has 7 nitrogen and oxygen atoms in total. The Balaban J connectivity index is 2.30. The average Bonchev–Trinajstić information content (AvgIpc) is 2.69. The van der Waals surface area contributed by atoms with Crippen molar-refractivity contribution in [2.24, 2.45) is 0 Å². The van der Waals surface area contributed by atoms with Crippen LogP contribution in [0.15, 0.2) is 71.8 Å². The highest BCUT2D eigenvalue weighted by molar-refractivity contribution is 7.93. The number of rotatable bonds is 7. The summed E-state index contributed by atoms with van der Waals surface area (Å²) in [6, 6.07) is 18.9. The Kier molecular flexibility index (Phi) is 6.97. The van der Waals surface area contributed by atoms with Crippen LogP contribution in [0.4, 0.5) is 4.79 Å². The molecule has 0 aliphatic heterocycles. The molecule has 0 fully saturated rings. The molecular formula is C19H18N2O5S.